The number of benzene rings is 2. The molecule has 10 heteroatoms. The number of hydrogen-bond donors (Lipinski definition) is 3. The number of halogens is 2. The van der Waals surface area contributed by atoms with Crippen LogP contribution in [-0.4, -0.2) is 35.0 Å². The Kier molecular flexibility index (Phi) is 6.14. The summed E-state index contributed by atoms with van der Waals surface area (Å²) in [6.45, 7) is 3.73. The topological polar surface area (TPSA) is 105 Å². The Morgan fingerprint density at radius 3 is 2.23 bits per heavy atom. The number of alkyl halides is 2. The van der Waals surface area contributed by atoms with Crippen LogP contribution in [0.5, 0.6) is 11.5 Å². The lowest BCUT2D eigenvalue weighted by Crippen LogP contribution is -2.41. The number of hydrazine groups is 1. The zero-order valence-electron chi connectivity index (χ0n) is 16.5. The lowest BCUT2D eigenvalue weighted by atomic mass is 10.2. The molecule has 2 aromatic carbocycles. The van der Waals surface area contributed by atoms with Crippen molar-refractivity contribution in [3.05, 3.63) is 53.3 Å². The zero-order valence-corrected chi connectivity index (χ0v) is 16.5. The normalized spacial score (nSPS) is 11.0. The molecule has 30 heavy (non-hydrogen) atoms. The highest BCUT2D eigenvalue weighted by atomic mass is 19.3. The maximum Gasteiger partial charge on any atom is 0.295 e. The first-order chi connectivity index (χ1) is 14.3. The fourth-order valence-electron chi connectivity index (χ4n) is 2.69. The second-order valence-corrected chi connectivity index (χ2v) is 6.60. The third-order valence-electron chi connectivity index (χ3n) is 4.05. The summed E-state index contributed by atoms with van der Waals surface area (Å²) in [4.78, 5) is 30.9. The summed E-state index contributed by atoms with van der Waals surface area (Å²) in [6, 6.07) is 8.85. The number of carbonyl (C=O) groups is 2. The minimum Gasteiger partial charge on any atom is -0.493 e. The number of fused-ring (bicyclic) bond motifs is 1. The fourth-order valence-corrected chi connectivity index (χ4v) is 2.69. The summed E-state index contributed by atoms with van der Waals surface area (Å²) in [6.07, 6.45) is -2.81. The van der Waals surface area contributed by atoms with Crippen molar-refractivity contribution < 1.29 is 27.8 Å². The number of rotatable bonds is 6. The van der Waals surface area contributed by atoms with Crippen molar-refractivity contribution in [1.29, 1.82) is 0 Å². The number of ether oxygens (including phenoxy) is 2. The van der Waals surface area contributed by atoms with Crippen molar-refractivity contribution in [2.45, 2.75) is 26.4 Å². The van der Waals surface area contributed by atoms with E-state index in [-0.39, 0.29) is 22.7 Å². The number of nitrogens with zero attached hydrogens (tertiary/aromatic N) is 1. The molecule has 0 aliphatic carbocycles. The first kappa shape index (κ1) is 21.0. The smallest absolute Gasteiger partial charge is 0.295 e. The van der Waals surface area contributed by atoms with Gasteiger partial charge in [-0.25, -0.2) is 13.8 Å². The number of imidazole rings is 1. The van der Waals surface area contributed by atoms with Gasteiger partial charge in [-0.1, -0.05) is 0 Å². The average molecular weight is 418 g/mol. The van der Waals surface area contributed by atoms with Crippen LogP contribution in [0.4, 0.5) is 8.78 Å². The summed E-state index contributed by atoms with van der Waals surface area (Å²) in [5, 5.41) is 0. The SMILES string of the molecule is COc1cc(C(=O)NNC(=O)c2ccc3nc(C(F)F)[nH]c3c2)ccc1OC(C)C. The van der Waals surface area contributed by atoms with Gasteiger partial charge in [0.2, 0.25) is 0 Å². The van der Waals surface area contributed by atoms with Gasteiger partial charge in [0, 0.05) is 11.1 Å². The van der Waals surface area contributed by atoms with E-state index in [1.54, 1.807) is 6.07 Å². The molecule has 0 aliphatic heterocycles. The van der Waals surface area contributed by atoms with Crippen LogP contribution in [-0.2, 0) is 0 Å². The summed E-state index contributed by atoms with van der Waals surface area (Å²) in [5.41, 5.74) is 5.58. The van der Waals surface area contributed by atoms with Crippen molar-refractivity contribution in [3.63, 3.8) is 0 Å². The molecule has 2 amide bonds. The number of nitrogens with one attached hydrogen (secondary N) is 3. The number of aromatic nitrogens is 2. The molecule has 0 spiro atoms. The predicted molar refractivity (Wildman–Crippen MR) is 105 cm³/mol. The van der Waals surface area contributed by atoms with E-state index in [2.05, 4.69) is 20.8 Å². The highest BCUT2D eigenvalue weighted by Gasteiger charge is 2.16. The van der Waals surface area contributed by atoms with Gasteiger partial charge in [0.25, 0.3) is 18.2 Å². The van der Waals surface area contributed by atoms with Crippen LogP contribution in [0, 0.1) is 0 Å². The van der Waals surface area contributed by atoms with E-state index in [1.807, 2.05) is 13.8 Å². The van der Waals surface area contributed by atoms with E-state index in [4.69, 9.17) is 9.47 Å². The van der Waals surface area contributed by atoms with Crippen LogP contribution >= 0.6 is 0 Å². The standard InChI is InChI=1S/C20H20F2N4O4/c1-10(2)30-15-7-5-12(9-16(15)29-3)20(28)26-25-19(27)11-4-6-13-14(8-11)24-18(23-13)17(21)22/h4-10,17H,1-3H3,(H,23,24)(H,25,27)(H,26,28). The van der Waals surface area contributed by atoms with E-state index >= 15 is 0 Å². The summed E-state index contributed by atoms with van der Waals surface area (Å²) >= 11 is 0. The first-order valence-corrected chi connectivity index (χ1v) is 9.01. The van der Waals surface area contributed by atoms with Gasteiger partial charge in [0.15, 0.2) is 17.3 Å². The van der Waals surface area contributed by atoms with Gasteiger partial charge in [-0.05, 0) is 50.2 Å². The molecule has 0 bridgehead atoms. The Bertz CT molecular complexity index is 1080. The quantitative estimate of drug-likeness (QED) is 0.533. The predicted octanol–water partition coefficient (Wildman–Crippen LogP) is 3.37. The minimum atomic E-state index is -2.75. The molecule has 0 radical (unpaired) electrons. The monoisotopic (exact) mass is 418 g/mol. The second kappa shape index (κ2) is 8.76. The number of methoxy groups -OCH3 is 1. The molecule has 0 fully saturated rings. The summed E-state index contributed by atoms with van der Waals surface area (Å²) in [5.74, 6) is -0.799. The first-order valence-electron chi connectivity index (χ1n) is 9.01. The largest absolute Gasteiger partial charge is 0.493 e. The molecule has 0 atom stereocenters. The van der Waals surface area contributed by atoms with Crippen LogP contribution in [0.3, 0.4) is 0 Å². The minimum absolute atomic E-state index is 0.0677. The molecule has 1 aromatic heterocycles. The summed E-state index contributed by atoms with van der Waals surface area (Å²) in [7, 11) is 1.46. The third-order valence-corrected chi connectivity index (χ3v) is 4.05. The molecular formula is C20H20F2N4O4. The maximum atomic E-state index is 12.7. The maximum absolute atomic E-state index is 12.7. The van der Waals surface area contributed by atoms with E-state index in [9.17, 15) is 18.4 Å². The van der Waals surface area contributed by atoms with Crippen molar-refractivity contribution >= 4 is 22.8 Å². The Labute approximate surface area is 170 Å². The van der Waals surface area contributed by atoms with Gasteiger partial charge in [-0.2, -0.15) is 0 Å². The number of carbonyl (C=O) groups excluding carboxylic acids is 2. The van der Waals surface area contributed by atoms with Gasteiger partial charge in [-0.3, -0.25) is 20.4 Å². The molecule has 0 saturated heterocycles. The van der Waals surface area contributed by atoms with E-state index in [0.29, 0.717) is 17.0 Å². The molecule has 3 rings (SSSR count). The Balaban J connectivity index is 1.68. The number of hydrogen-bond acceptors (Lipinski definition) is 5. The van der Waals surface area contributed by atoms with Crippen LogP contribution in [0.15, 0.2) is 36.4 Å². The highest BCUT2D eigenvalue weighted by molar-refractivity contribution is 6.00. The zero-order chi connectivity index (χ0) is 21.8. The lowest BCUT2D eigenvalue weighted by molar-refractivity contribution is 0.0846. The Morgan fingerprint density at radius 2 is 1.63 bits per heavy atom. The molecule has 3 aromatic rings. The third kappa shape index (κ3) is 4.65. The van der Waals surface area contributed by atoms with Crippen LogP contribution < -0.4 is 20.3 Å². The Hall–Kier alpha value is -3.69. The summed E-state index contributed by atoms with van der Waals surface area (Å²) < 4.78 is 36.3. The van der Waals surface area contributed by atoms with E-state index < -0.39 is 24.1 Å². The molecule has 8 nitrogen and oxygen atoms in total. The molecule has 0 unspecified atom stereocenters. The van der Waals surface area contributed by atoms with Crippen molar-refractivity contribution in [3.8, 4) is 11.5 Å². The molecule has 0 aliphatic rings. The van der Waals surface area contributed by atoms with Gasteiger partial charge < -0.3 is 14.5 Å². The van der Waals surface area contributed by atoms with Gasteiger partial charge >= 0.3 is 0 Å². The van der Waals surface area contributed by atoms with Crippen LogP contribution in [0.1, 0.15) is 46.8 Å². The molecular weight excluding hydrogens is 398 g/mol. The van der Waals surface area contributed by atoms with Gasteiger partial charge in [0.1, 0.15) is 0 Å². The van der Waals surface area contributed by atoms with Crippen molar-refractivity contribution in [1.82, 2.24) is 20.8 Å². The van der Waals surface area contributed by atoms with Gasteiger partial charge in [-0.15, -0.1) is 0 Å². The lowest BCUT2D eigenvalue weighted by Gasteiger charge is -2.14. The molecule has 158 valence electrons. The Morgan fingerprint density at radius 1 is 1.00 bits per heavy atom. The second-order valence-electron chi connectivity index (χ2n) is 6.60. The fraction of sp³-hybridized carbons (Fsp3) is 0.250. The van der Waals surface area contributed by atoms with E-state index in [0.717, 1.165) is 0 Å². The van der Waals surface area contributed by atoms with Crippen molar-refractivity contribution in [2.75, 3.05) is 7.11 Å². The molecule has 0 saturated carbocycles. The van der Waals surface area contributed by atoms with Gasteiger partial charge in [0.05, 0.1) is 24.2 Å². The van der Waals surface area contributed by atoms with Crippen molar-refractivity contribution in [2.24, 2.45) is 0 Å². The number of aromatic amines is 1. The average Bonchev–Trinajstić information content (AvgIpc) is 3.15. The van der Waals surface area contributed by atoms with Crippen LogP contribution in [0.2, 0.25) is 0 Å². The van der Waals surface area contributed by atoms with Crippen LogP contribution in [0.25, 0.3) is 11.0 Å². The number of amides is 2. The highest BCUT2D eigenvalue weighted by Crippen LogP contribution is 2.29. The van der Waals surface area contributed by atoms with E-state index in [1.165, 1.54) is 37.4 Å². The molecule has 3 N–H and O–H groups in total. The molecule has 1 heterocycles. The number of H-pyrrole nitrogens is 1.